The highest BCUT2D eigenvalue weighted by molar-refractivity contribution is 8.00. The zero-order valence-corrected chi connectivity index (χ0v) is 15.8. The van der Waals surface area contributed by atoms with Gasteiger partial charge in [-0.25, -0.2) is 0 Å². The molecule has 1 aliphatic heterocycles. The van der Waals surface area contributed by atoms with Crippen LogP contribution in [0.5, 0.6) is 0 Å². The number of benzene rings is 1. The van der Waals surface area contributed by atoms with Crippen LogP contribution >= 0.6 is 11.8 Å². The Kier molecular flexibility index (Phi) is 6.11. The molecule has 1 aromatic rings. The summed E-state index contributed by atoms with van der Waals surface area (Å²) < 4.78 is 5.18. The number of ether oxygens (including phenoxy) is 1. The minimum Gasteiger partial charge on any atom is -0.452 e. The number of amides is 2. The lowest BCUT2D eigenvalue weighted by atomic mass is 10.1. The SMILES string of the molecule is C[C@H](OC(=O)CCN1C(=O)CSc2ccccc21)C(=O)NC(C)(C)C. The average molecular weight is 364 g/mol. The van der Waals surface area contributed by atoms with Crippen molar-refractivity contribution in [2.24, 2.45) is 0 Å². The topological polar surface area (TPSA) is 75.7 Å². The lowest BCUT2D eigenvalue weighted by Gasteiger charge is -2.28. The highest BCUT2D eigenvalue weighted by Gasteiger charge is 2.26. The minimum atomic E-state index is -0.869. The van der Waals surface area contributed by atoms with E-state index < -0.39 is 12.1 Å². The fourth-order valence-corrected chi connectivity index (χ4v) is 3.32. The summed E-state index contributed by atoms with van der Waals surface area (Å²) in [7, 11) is 0. The molecule has 1 aromatic carbocycles. The van der Waals surface area contributed by atoms with E-state index in [0.717, 1.165) is 10.6 Å². The van der Waals surface area contributed by atoms with Crippen LogP contribution in [0.3, 0.4) is 0 Å². The van der Waals surface area contributed by atoms with E-state index in [1.165, 1.54) is 18.7 Å². The average Bonchev–Trinajstić information content (AvgIpc) is 2.52. The van der Waals surface area contributed by atoms with E-state index in [1.807, 2.05) is 45.0 Å². The van der Waals surface area contributed by atoms with Gasteiger partial charge >= 0.3 is 5.97 Å². The normalized spacial score (nSPS) is 15.4. The molecule has 0 radical (unpaired) electrons. The van der Waals surface area contributed by atoms with E-state index in [-0.39, 0.29) is 30.3 Å². The van der Waals surface area contributed by atoms with Crippen molar-refractivity contribution in [2.45, 2.75) is 50.7 Å². The van der Waals surface area contributed by atoms with Crippen LogP contribution in [-0.2, 0) is 19.1 Å². The lowest BCUT2D eigenvalue weighted by Crippen LogP contribution is -2.46. The smallest absolute Gasteiger partial charge is 0.308 e. The second-order valence-electron chi connectivity index (χ2n) is 6.92. The molecule has 0 aliphatic carbocycles. The molecule has 0 saturated heterocycles. The van der Waals surface area contributed by atoms with Crippen LogP contribution in [0, 0.1) is 0 Å². The number of carbonyl (C=O) groups excluding carboxylic acids is 3. The Morgan fingerprint density at radius 1 is 1.32 bits per heavy atom. The van der Waals surface area contributed by atoms with Crippen LogP contribution in [0.15, 0.2) is 29.2 Å². The van der Waals surface area contributed by atoms with Gasteiger partial charge in [-0.15, -0.1) is 11.8 Å². The molecule has 2 amide bonds. The van der Waals surface area contributed by atoms with Crippen molar-refractivity contribution in [1.29, 1.82) is 0 Å². The second kappa shape index (κ2) is 7.91. The minimum absolute atomic E-state index is 0.0324. The number of carbonyl (C=O) groups is 3. The van der Waals surface area contributed by atoms with Crippen molar-refractivity contribution in [3.63, 3.8) is 0 Å². The Balaban J connectivity index is 1.90. The number of nitrogens with one attached hydrogen (secondary N) is 1. The molecule has 1 N–H and O–H groups in total. The van der Waals surface area contributed by atoms with Crippen molar-refractivity contribution in [2.75, 3.05) is 17.2 Å². The molecule has 7 heteroatoms. The molecule has 136 valence electrons. The summed E-state index contributed by atoms with van der Waals surface area (Å²) in [6, 6.07) is 7.60. The first-order valence-electron chi connectivity index (χ1n) is 8.21. The molecule has 1 aliphatic rings. The number of esters is 1. The zero-order valence-electron chi connectivity index (χ0n) is 15.0. The predicted octanol–water partition coefficient (Wildman–Crippen LogP) is 2.36. The fourth-order valence-electron chi connectivity index (χ4n) is 2.38. The van der Waals surface area contributed by atoms with Crippen LogP contribution in [-0.4, -0.2) is 41.7 Å². The summed E-state index contributed by atoms with van der Waals surface area (Å²) in [4.78, 5) is 38.8. The Morgan fingerprint density at radius 3 is 2.68 bits per heavy atom. The van der Waals surface area contributed by atoms with Crippen LogP contribution < -0.4 is 10.2 Å². The Morgan fingerprint density at radius 2 is 2.00 bits per heavy atom. The second-order valence-corrected chi connectivity index (χ2v) is 7.94. The standard InChI is InChI=1S/C18H24N2O4S/c1-12(17(23)19-18(2,3)4)24-16(22)9-10-20-13-7-5-6-8-14(13)25-11-15(20)21/h5-8,12H,9-11H2,1-4H3,(H,19,23)/t12-/m0/s1. The number of thioether (sulfide) groups is 1. The monoisotopic (exact) mass is 364 g/mol. The van der Waals surface area contributed by atoms with Gasteiger partial charge in [0.1, 0.15) is 0 Å². The number of nitrogens with zero attached hydrogens (tertiary/aromatic N) is 1. The van der Waals surface area contributed by atoms with E-state index in [1.54, 1.807) is 4.90 Å². The molecule has 1 heterocycles. The van der Waals surface area contributed by atoms with Gasteiger partial charge < -0.3 is 15.0 Å². The van der Waals surface area contributed by atoms with E-state index in [4.69, 9.17) is 4.74 Å². The summed E-state index contributed by atoms with van der Waals surface area (Å²) in [5.41, 5.74) is 0.425. The molecule has 0 saturated carbocycles. The van der Waals surface area contributed by atoms with Gasteiger partial charge in [0.05, 0.1) is 17.9 Å². The summed E-state index contributed by atoms with van der Waals surface area (Å²) >= 11 is 1.49. The van der Waals surface area contributed by atoms with E-state index >= 15 is 0 Å². The largest absolute Gasteiger partial charge is 0.452 e. The molecule has 0 fully saturated rings. The van der Waals surface area contributed by atoms with Crippen molar-refractivity contribution < 1.29 is 19.1 Å². The molecule has 25 heavy (non-hydrogen) atoms. The van der Waals surface area contributed by atoms with Gasteiger partial charge in [-0.3, -0.25) is 14.4 Å². The van der Waals surface area contributed by atoms with Crippen LogP contribution in [0.2, 0.25) is 0 Å². The summed E-state index contributed by atoms with van der Waals surface area (Å²) in [6.45, 7) is 7.35. The van der Waals surface area contributed by atoms with E-state index in [9.17, 15) is 14.4 Å². The number of hydrogen-bond donors (Lipinski definition) is 1. The summed E-state index contributed by atoms with van der Waals surface area (Å²) in [5.74, 6) is -0.511. The Bertz CT molecular complexity index is 669. The highest BCUT2D eigenvalue weighted by atomic mass is 32.2. The molecular weight excluding hydrogens is 340 g/mol. The number of anilines is 1. The number of para-hydroxylation sites is 1. The molecule has 0 aromatic heterocycles. The maximum atomic E-state index is 12.1. The summed E-state index contributed by atoms with van der Waals surface area (Å²) in [5, 5.41) is 2.77. The van der Waals surface area contributed by atoms with Crippen molar-refractivity contribution in [1.82, 2.24) is 5.32 Å². The number of fused-ring (bicyclic) bond motifs is 1. The summed E-state index contributed by atoms with van der Waals surface area (Å²) in [6.07, 6.45) is -0.829. The molecule has 1 atom stereocenters. The van der Waals surface area contributed by atoms with Crippen LogP contribution in [0.25, 0.3) is 0 Å². The highest BCUT2D eigenvalue weighted by Crippen LogP contribution is 2.34. The molecule has 0 bridgehead atoms. The van der Waals surface area contributed by atoms with Crippen molar-refractivity contribution in [3.05, 3.63) is 24.3 Å². The molecule has 0 unspecified atom stereocenters. The third kappa shape index (κ3) is 5.49. The molecule has 6 nitrogen and oxygen atoms in total. The first-order chi connectivity index (χ1) is 11.7. The van der Waals surface area contributed by atoms with E-state index in [2.05, 4.69) is 5.32 Å². The fraction of sp³-hybridized carbons (Fsp3) is 0.500. The maximum absolute atomic E-state index is 12.1. The molecule has 2 rings (SSSR count). The maximum Gasteiger partial charge on any atom is 0.308 e. The third-order valence-corrected chi connectivity index (χ3v) is 4.57. The Hall–Kier alpha value is -2.02. The van der Waals surface area contributed by atoms with E-state index in [0.29, 0.717) is 5.75 Å². The molecular formula is C18H24N2O4S. The lowest BCUT2D eigenvalue weighted by molar-refractivity contribution is -0.155. The van der Waals surface area contributed by atoms with Crippen LogP contribution in [0.4, 0.5) is 5.69 Å². The van der Waals surface area contributed by atoms with Gasteiger partial charge in [-0.2, -0.15) is 0 Å². The zero-order chi connectivity index (χ0) is 18.6. The van der Waals surface area contributed by atoms with Gasteiger partial charge in [-0.05, 0) is 39.8 Å². The van der Waals surface area contributed by atoms with Gasteiger partial charge in [0.25, 0.3) is 5.91 Å². The van der Waals surface area contributed by atoms with Crippen molar-refractivity contribution >= 4 is 35.2 Å². The van der Waals surface area contributed by atoms with Crippen molar-refractivity contribution in [3.8, 4) is 0 Å². The first-order valence-corrected chi connectivity index (χ1v) is 9.19. The quantitative estimate of drug-likeness (QED) is 0.812. The molecule has 0 spiro atoms. The van der Waals surface area contributed by atoms with Gasteiger partial charge in [-0.1, -0.05) is 12.1 Å². The first kappa shape index (κ1) is 19.3. The number of rotatable bonds is 5. The van der Waals surface area contributed by atoms with Gasteiger partial charge in [0.15, 0.2) is 6.10 Å². The van der Waals surface area contributed by atoms with Gasteiger partial charge in [0.2, 0.25) is 5.91 Å². The third-order valence-electron chi connectivity index (χ3n) is 3.52. The number of hydrogen-bond acceptors (Lipinski definition) is 5. The van der Waals surface area contributed by atoms with Crippen LogP contribution in [0.1, 0.15) is 34.1 Å². The predicted molar refractivity (Wildman–Crippen MR) is 97.6 cm³/mol. The van der Waals surface area contributed by atoms with Gasteiger partial charge in [0, 0.05) is 17.0 Å². The Labute approximate surface area is 152 Å².